The normalized spacial score (nSPS) is 14.5. The van der Waals surface area contributed by atoms with Crippen LogP contribution >= 0.6 is 0 Å². The molecule has 1 aliphatic heterocycles. The van der Waals surface area contributed by atoms with Crippen molar-refractivity contribution in [2.75, 3.05) is 11.1 Å². The Morgan fingerprint density at radius 3 is 2.50 bits per heavy atom. The van der Waals surface area contributed by atoms with Gasteiger partial charge in [-0.3, -0.25) is 4.79 Å². The minimum Gasteiger partial charge on any atom is -0.383 e. The summed E-state index contributed by atoms with van der Waals surface area (Å²) in [6.07, 6.45) is 0. The molecule has 0 unspecified atom stereocenters. The van der Waals surface area contributed by atoms with Gasteiger partial charge in [0.25, 0.3) is 0 Å². The lowest BCUT2D eigenvalue weighted by atomic mass is 9.87. The van der Waals surface area contributed by atoms with Crippen molar-refractivity contribution in [2.45, 2.75) is 32.7 Å². The summed E-state index contributed by atoms with van der Waals surface area (Å²) in [5.74, 6) is -4.40. The molecular weight excluding hydrogens is 454 g/mol. The third kappa shape index (κ3) is 3.09. The van der Waals surface area contributed by atoms with Crippen LogP contribution in [0.15, 0.2) is 18.2 Å². The standard InChI is InChI=1S/C22H17F4N7O/c1-8-13(25)6-9-16(19-29-17(27)14-18(30-19)31-21(34)22(14,2)3)32-33(20(9)28-8)7-10-11(23)4-5-12(24)15(10)26/h4-6H,7H2,1-3H3,(H3,27,29,30,31,34). The average molecular weight is 471 g/mol. The molecule has 0 bridgehead atoms. The highest BCUT2D eigenvalue weighted by Crippen LogP contribution is 2.40. The molecule has 12 heteroatoms. The number of carbonyl (C=O) groups excluding carboxylic acids is 1. The number of nitrogen functional groups attached to an aromatic ring is 1. The molecule has 3 aromatic heterocycles. The molecule has 0 radical (unpaired) electrons. The molecule has 174 valence electrons. The van der Waals surface area contributed by atoms with Crippen LogP contribution in [-0.4, -0.2) is 30.6 Å². The summed E-state index contributed by atoms with van der Waals surface area (Å²) in [6, 6.07) is 2.62. The number of fused-ring (bicyclic) bond motifs is 2. The fourth-order valence-electron chi connectivity index (χ4n) is 3.97. The Morgan fingerprint density at radius 1 is 1.06 bits per heavy atom. The first kappa shape index (κ1) is 21.7. The molecule has 1 amide bonds. The Bertz CT molecular complexity index is 1530. The van der Waals surface area contributed by atoms with Gasteiger partial charge < -0.3 is 11.1 Å². The Kier molecular flexibility index (Phi) is 4.61. The highest BCUT2D eigenvalue weighted by Gasteiger charge is 2.42. The third-order valence-corrected chi connectivity index (χ3v) is 5.87. The fraction of sp³-hybridized carbons (Fsp3) is 0.227. The minimum atomic E-state index is -1.37. The van der Waals surface area contributed by atoms with Crippen molar-refractivity contribution in [3.63, 3.8) is 0 Å². The zero-order valence-electron chi connectivity index (χ0n) is 18.2. The Hall–Kier alpha value is -4.09. The van der Waals surface area contributed by atoms with Crippen molar-refractivity contribution in [2.24, 2.45) is 0 Å². The van der Waals surface area contributed by atoms with Gasteiger partial charge in [0.15, 0.2) is 23.1 Å². The molecule has 5 rings (SSSR count). The molecule has 0 fully saturated rings. The van der Waals surface area contributed by atoms with Crippen LogP contribution in [0.2, 0.25) is 0 Å². The molecule has 0 saturated carbocycles. The lowest BCUT2D eigenvalue weighted by Crippen LogP contribution is -2.27. The molecule has 4 aromatic rings. The van der Waals surface area contributed by atoms with Gasteiger partial charge in [-0.2, -0.15) is 5.10 Å². The summed E-state index contributed by atoms with van der Waals surface area (Å²) in [5, 5.41) is 7.09. The van der Waals surface area contributed by atoms with Gasteiger partial charge in [-0.05, 0) is 39.0 Å². The van der Waals surface area contributed by atoms with Gasteiger partial charge in [0, 0.05) is 5.56 Å². The van der Waals surface area contributed by atoms with Gasteiger partial charge in [-0.25, -0.2) is 37.2 Å². The number of pyridine rings is 1. The zero-order chi connectivity index (χ0) is 24.5. The maximum absolute atomic E-state index is 14.4. The van der Waals surface area contributed by atoms with Gasteiger partial charge >= 0.3 is 0 Å². The quantitative estimate of drug-likeness (QED) is 0.349. The van der Waals surface area contributed by atoms with E-state index in [0.717, 1.165) is 16.8 Å². The van der Waals surface area contributed by atoms with Crippen molar-refractivity contribution in [3.05, 3.63) is 58.3 Å². The number of nitrogens with one attached hydrogen (secondary N) is 1. The summed E-state index contributed by atoms with van der Waals surface area (Å²) >= 11 is 0. The van der Waals surface area contributed by atoms with Crippen molar-refractivity contribution >= 4 is 28.6 Å². The molecule has 1 aromatic carbocycles. The molecule has 34 heavy (non-hydrogen) atoms. The lowest BCUT2D eigenvalue weighted by molar-refractivity contribution is -0.119. The summed E-state index contributed by atoms with van der Waals surface area (Å²) in [4.78, 5) is 25.1. The molecule has 0 atom stereocenters. The van der Waals surface area contributed by atoms with Gasteiger partial charge in [0.2, 0.25) is 5.91 Å². The maximum atomic E-state index is 14.4. The zero-order valence-corrected chi connectivity index (χ0v) is 18.2. The highest BCUT2D eigenvalue weighted by molar-refractivity contribution is 6.06. The van der Waals surface area contributed by atoms with E-state index in [0.29, 0.717) is 11.6 Å². The van der Waals surface area contributed by atoms with E-state index >= 15 is 0 Å². The summed E-state index contributed by atoms with van der Waals surface area (Å²) in [7, 11) is 0. The summed E-state index contributed by atoms with van der Waals surface area (Å²) < 4.78 is 57.9. The van der Waals surface area contributed by atoms with E-state index in [1.54, 1.807) is 13.8 Å². The van der Waals surface area contributed by atoms with E-state index < -0.39 is 40.8 Å². The first-order valence-corrected chi connectivity index (χ1v) is 10.1. The van der Waals surface area contributed by atoms with Gasteiger partial charge in [0.05, 0.1) is 28.6 Å². The number of halogens is 4. The highest BCUT2D eigenvalue weighted by atomic mass is 19.2. The second kappa shape index (κ2) is 7.20. The molecule has 3 N–H and O–H groups in total. The predicted octanol–water partition coefficient (Wildman–Crippen LogP) is 3.61. The number of aromatic nitrogens is 5. The van der Waals surface area contributed by atoms with E-state index in [2.05, 4.69) is 25.4 Å². The largest absolute Gasteiger partial charge is 0.383 e. The summed E-state index contributed by atoms with van der Waals surface area (Å²) in [5.41, 5.74) is 5.10. The number of rotatable bonds is 3. The summed E-state index contributed by atoms with van der Waals surface area (Å²) in [6.45, 7) is 4.22. The number of hydrogen-bond donors (Lipinski definition) is 2. The van der Waals surface area contributed by atoms with Crippen LogP contribution in [0, 0.1) is 30.2 Å². The topological polar surface area (TPSA) is 112 Å². The van der Waals surface area contributed by atoms with Gasteiger partial charge in [-0.1, -0.05) is 0 Å². The molecule has 0 saturated heterocycles. The molecule has 8 nitrogen and oxygen atoms in total. The number of nitrogens with two attached hydrogens (primary N) is 1. The number of amides is 1. The second-order valence-corrected chi connectivity index (χ2v) is 8.49. The fourth-order valence-corrected chi connectivity index (χ4v) is 3.97. The Morgan fingerprint density at radius 2 is 1.76 bits per heavy atom. The van der Waals surface area contributed by atoms with Crippen LogP contribution in [-0.2, 0) is 16.8 Å². The van der Waals surface area contributed by atoms with E-state index in [4.69, 9.17) is 5.73 Å². The number of carbonyl (C=O) groups is 1. The number of nitrogens with zero attached hydrogens (tertiary/aromatic N) is 5. The van der Waals surface area contributed by atoms with Crippen molar-refractivity contribution < 1.29 is 22.4 Å². The molecule has 0 spiro atoms. The SMILES string of the molecule is Cc1nc2c(cc1F)c(-c1nc(N)c3c(n1)NC(=O)C3(C)C)nn2Cc1c(F)ccc(F)c1F. The number of hydrogen-bond acceptors (Lipinski definition) is 6. The van der Waals surface area contributed by atoms with Crippen molar-refractivity contribution in [3.8, 4) is 11.5 Å². The first-order valence-electron chi connectivity index (χ1n) is 10.1. The number of anilines is 2. The van der Waals surface area contributed by atoms with Crippen molar-refractivity contribution in [1.82, 2.24) is 24.7 Å². The number of aryl methyl sites for hydroxylation is 1. The van der Waals surface area contributed by atoms with Crippen LogP contribution < -0.4 is 11.1 Å². The molecule has 0 aliphatic carbocycles. The maximum Gasteiger partial charge on any atom is 0.235 e. The monoisotopic (exact) mass is 471 g/mol. The van der Waals surface area contributed by atoms with Crippen molar-refractivity contribution in [1.29, 1.82) is 0 Å². The van der Waals surface area contributed by atoms with Gasteiger partial charge in [-0.15, -0.1) is 0 Å². The van der Waals surface area contributed by atoms with Crippen LogP contribution in [0.5, 0.6) is 0 Å². The van der Waals surface area contributed by atoms with E-state index in [1.165, 1.54) is 6.92 Å². The molecule has 1 aliphatic rings. The average Bonchev–Trinajstić information content (AvgIpc) is 3.22. The Balaban J connectivity index is 1.72. The third-order valence-electron chi connectivity index (χ3n) is 5.87. The van der Waals surface area contributed by atoms with E-state index in [1.807, 2.05) is 0 Å². The van der Waals surface area contributed by atoms with Crippen LogP contribution in [0.25, 0.3) is 22.6 Å². The van der Waals surface area contributed by atoms with Gasteiger partial charge in [0.1, 0.15) is 29.0 Å². The Labute approximate surface area is 189 Å². The minimum absolute atomic E-state index is 0.0174. The molecule has 4 heterocycles. The van der Waals surface area contributed by atoms with E-state index in [9.17, 15) is 22.4 Å². The van der Waals surface area contributed by atoms with Crippen LogP contribution in [0.1, 0.15) is 30.7 Å². The smallest absolute Gasteiger partial charge is 0.235 e. The number of benzene rings is 1. The lowest BCUT2D eigenvalue weighted by Gasteiger charge is -2.15. The predicted molar refractivity (Wildman–Crippen MR) is 115 cm³/mol. The second-order valence-electron chi connectivity index (χ2n) is 8.49. The first-order chi connectivity index (χ1) is 16.0. The van der Waals surface area contributed by atoms with E-state index in [-0.39, 0.29) is 45.8 Å². The molecular formula is C22H17F4N7O. The van der Waals surface area contributed by atoms with Crippen LogP contribution in [0.4, 0.5) is 29.2 Å². The van der Waals surface area contributed by atoms with Crippen LogP contribution in [0.3, 0.4) is 0 Å².